The fourth-order valence-corrected chi connectivity index (χ4v) is 1.55. The Kier molecular flexibility index (Phi) is 4.06. The van der Waals surface area contributed by atoms with E-state index >= 15 is 0 Å². The SMILES string of the molecule is COc1ccc(CC(Cl)C#N)cc1Cl. The Morgan fingerprint density at radius 1 is 1.57 bits per heavy atom. The average Bonchev–Trinajstić information content (AvgIpc) is 2.18. The quantitative estimate of drug-likeness (QED) is 0.747. The van der Waals surface area contributed by atoms with E-state index in [0.29, 0.717) is 17.2 Å². The topological polar surface area (TPSA) is 33.0 Å². The van der Waals surface area contributed by atoms with Gasteiger partial charge in [0.2, 0.25) is 0 Å². The molecule has 0 radical (unpaired) electrons. The van der Waals surface area contributed by atoms with Crippen molar-refractivity contribution in [1.82, 2.24) is 0 Å². The van der Waals surface area contributed by atoms with E-state index in [2.05, 4.69) is 0 Å². The molecular weight excluding hydrogens is 221 g/mol. The van der Waals surface area contributed by atoms with Gasteiger partial charge in [-0.15, -0.1) is 11.6 Å². The van der Waals surface area contributed by atoms with Crippen LogP contribution in [-0.2, 0) is 6.42 Å². The standard InChI is InChI=1S/C10H9Cl2NO/c1-14-10-3-2-7(5-9(10)12)4-8(11)6-13/h2-3,5,8H,4H2,1H3. The van der Waals surface area contributed by atoms with Crippen LogP contribution in [0.5, 0.6) is 5.75 Å². The van der Waals surface area contributed by atoms with Crippen LogP contribution in [0.1, 0.15) is 5.56 Å². The lowest BCUT2D eigenvalue weighted by Crippen LogP contribution is -1.99. The van der Waals surface area contributed by atoms with Gasteiger partial charge in [-0.25, -0.2) is 0 Å². The van der Waals surface area contributed by atoms with Crippen LogP contribution in [0.15, 0.2) is 18.2 Å². The van der Waals surface area contributed by atoms with Crippen LogP contribution < -0.4 is 4.74 Å². The summed E-state index contributed by atoms with van der Waals surface area (Å²) in [7, 11) is 1.56. The van der Waals surface area contributed by atoms with E-state index in [9.17, 15) is 0 Å². The van der Waals surface area contributed by atoms with Gasteiger partial charge < -0.3 is 4.74 Å². The zero-order valence-corrected chi connectivity index (χ0v) is 9.14. The summed E-state index contributed by atoms with van der Waals surface area (Å²) in [5.41, 5.74) is 0.928. The molecule has 4 heteroatoms. The van der Waals surface area contributed by atoms with Crippen LogP contribution in [0.4, 0.5) is 0 Å². The first-order valence-electron chi connectivity index (χ1n) is 4.03. The molecule has 0 saturated heterocycles. The number of benzene rings is 1. The van der Waals surface area contributed by atoms with Crippen molar-refractivity contribution in [3.63, 3.8) is 0 Å². The molecule has 0 spiro atoms. The third kappa shape index (κ3) is 2.80. The highest BCUT2D eigenvalue weighted by atomic mass is 35.5. The van der Waals surface area contributed by atoms with Gasteiger partial charge in [0, 0.05) is 6.42 Å². The van der Waals surface area contributed by atoms with E-state index in [1.165, 1.54) is 0 Å². The summed E-state index contributed by atoms with van der Waals surface area (Å²) < 4.78 is 5.00. The maximum Gasteiger partial charge on any atom is 0.137 e. The molecule has 1 aromatic carbocycles. The average molecular weight is 230 g/mol. The van der Waals surface area contributed by atoms with Gasteiger partial charge in [0.25, 0.3) is 0 Å². The van der Waals surface area contributed by atoms with Crippen LogP contribution in [0.3, 0.4) is 0 Å². The van der Waals surface area contributed by atoms with Gasteiger partial charge in [0.05, 0.1) is 18.2 Å². The summed E-state index contributed by atoms with van der Waals surface area (Å²) >= 11 is 11.6. The maximum absolute atomic E-state index is 8.53. The summed E-state index contributed by atoms with van der Waals surface area (Å²) in [5.74, 6) is 0.624. The van der Waals surface area contributed by atoms with Crippen molar-refractivity contribution in [3.8, 4) is 11.8 Å². The minimum Gasteiger partial charge on any atom is -0.495 e. The summed E-state index contributed by atoms with van der Waals surface area (Å²) in [5, 5.41) is 8.55. The van der Waals surface area contributed by atoms with Crippen molar-refractivity contribution in [2.24, 2.45) is 0 Å². The number of nitriles is 1. The molecule has 0 aliphatic rings. The molecule has 0 aliphatic heterocycles. The fourth-order valence-electron chi connectivity index (χ4n) is 1.09. The lowest BCUT2D eigenvalue weighted by Gasteiger charge is -2.05. The number of nitrogens with zero attached hydrogens (tertiary/aromatic N) is 1. The maximum atomic E-state index is 8.53. The second-order valence-electron chi connectivity index (χ2n) is 2.77. The molecule has 0 aromatic heterocycles. The van der Waals surface area contributed by atoms with Gasteiger partial charge in [-0.3, -0.25) is 0 Å². The zero-order chi connectivity index (χ0) is 10.6. The van der Waals surface area contributed by atoms with Gasteiger partial charge in [-0.05, 0) is 17.7 Å². The Hall–Kier alpha value is -0.910. The molecule has 1 atom stereocenters. The molecular formula is C10H9Cl2NO. The number of methoxy groups -OCH3 is 1. The van der Waals surface area contributed by atoms with Gasteiger partial charge in [-0.1, -0.05) is 17.7 Å². The first kappa shape index (κ1) is 11.2. The Balaban J connectivity index is 2.82. The number of halogens is 2. The van der Waals surface area contributed by atoms with E-state index < -0.39 is 5.38 Å². The third-order valence-electron chi connectivity index (χ3n) is 1.77. The molecule has 0 N–H and O–H groups in total. The van der Waals surface area contributed by atoms with Gasteiger partial charge in [-0.2, -0.15) is 5.26 Å². The molecule has 1 aromatic rings. The second-order valence-corrected chi connectivity index (χ2v) is 3.70. The molecule has 2 nitrogen and oxygen atoms in total. The number of alkyl halides is 1. The normalized spacial score (nSPS) is 11.9. The molecule has 0 saturated carbocycles. The number of hydrogen-bond acceptors (Lipinski definition) is 2. The van der Waals surface area contributed by atoms with E-state index in [1.807, 2.05) is 12.1 Å². The monoisotopic (exact) mass is 229 g/mol. The summed E-state index contributed by atoms with van der Waals surface area (Å²) in [4.78, 5) is 0. The largest absolute Gasteiger partial charge is 0.495 e. The molecule has 0 fully saturated rings. The van der Waals surface area contributed by atoms with E-state index in [1.54, 1.807) is 19.2 Å². The van der Waals surface area contributed by atoms with Crippen molar-refractivity contribution < 1.29 is 4.74 Å². The lowest BCUT2D eigenvalue weighted by molar-refractivity contribution is 0.415. The summed E-state index contributed by atoms with van der Waals surface area (Å²) in [6.07, 6.45) is 0.488. The summed E-state index contributed by atoms with van der Waals surface area (Å²) in [6.45, 7) is 0. The second kappa shape index (κ2) is 5.09. The Morgan fingerprint density at radius 2 is 2.29 bits per heavy atom. The molecule has 0 bridgehead atoms. The molecule has 0 amide bonds. The lowest BCUT2D eigenvalue weighted by atomic mass is 10.1. The van der Waals surface area contributed by atoms with E-state index in [0.717, 1.165) is 5.56 Å². The van der Waals surface area contributed by atoms with Crippen molar-refractivity contribution in [3.05, 3.63) is 28.8 Å². The number of rotatable bonds is 3. The van der Waals surface area contributed by atoms with Crippen LogP contribution >= 0.6 is 23.2 Å². The van der Waals surface area contributed by atoms with Gasteiger partial charge >= 0.3 is 0 Å². The molecule has 0 aliphatic carbocycles. The molecule has 14 heavy (non-hydrogen) atoms. The van der Waals surface area contributed by atoms with Crippen molar-refractivity contribution in [2.45, 2.75) is 11.8 Å². The Morgan fingerprint density at radius 3 is 2.79 bits per heavy atom. The van der Waals surface area contributed by atoms with Crippen LogP contribution in [0.2, 0.25) is 5.02 Å². The number of ether oxygens (including phenoxy) is 1. The molecule has 0 heterocycles. The minimum absolute atomic E-state index is 0.488. The van der Waals surface area contributed by atoms with Crippen LogP contribution in [0.25, 0.3) is 0 Å². The predicted molar refractivity (Wildman–Crippen MR) is 57.0 cm³/mol. The van der Waals surface area contributed by atoms with Gasteiger partial charge in [0.1, 0.15) is 11.1 Å². The molecule has 1 rings (SSSR count). The van der Waals surface area contributed by atoms with E-state index in [-0.39, 0.29) is 0 Å². The Bertz CT molecular complexity index is 360. The highest BCUT2D eigenvalue weighted by Crippen LogP contribution is 2.25. The minimum atomic E-state index is -0.514. The van der Waals surface area contributed by atoms with Crippen LogP contribution in [0, 0.1) is 11.3 Å². The van der Waals surface area contributed by atoms with Crippen molar-refractivity contribution in [1.29, 1.82) is 5.26 Å². The predicted octanol–water partition coefficient (Wildman–Crippen LogP) is 3.02. The summed E-state index contributed by atoms with van der Waals surface area (Å²) in [6, 6.07) is 7.32. The Labute approximate surface area is 93.0 Å². The third-order valence-corrected chi connectivity index (χ3v) is 2.32. The highest BCUT2D eigenvalue weighted by molar-refractivity contribution is 6.32. The molecule has 74 valence electrons. The van der Waals surface area contributed by atoms with Crippen LogP contribution in [-0.4, -0.2) is 12.5 Å². The first-order chi connectivity index (χ1) is 6.67. The van der Waals surface area contributed by atoms with Gasteiger partial charge in [0.15, 0.2) is 0 Å². The van der Waals surface area contributed by atoms with Crippen molar-refractivity contribution in [2.75, 3.05) is 7.11 Å². The van der Waals surface area contributed by atoms with Crippen molar-refractivity contribution >= 4 is 23.2 Å². The fraction of sp³-hybridized carbons (Fsp3) is 0.300. The number of hydrogen-bond donors (Lipinski definition) is 0. The van der Waals surface area contributed by atoms with E-state index in [4.69, 9.17) is 33.2 Å². The first-order valence-corrected chi connectivity index (χ1v) is 4.85. The highest BCUT2D eigenvalue weighted by Gasteiger charge is 2.06. The zero-order valence-electron chi connectivity index (χ0n) is 7.63. The smallest absolute Gasteiger partial charge is 0.137 e. The molecule has 1 unspecified atom stereocenters.